The van der Waals surface area contributed by atoms with E-state index in [-0.39, 0.29) is 11.9 Å². The van der Waals surface area contributed by atoms with Gasteiger partial charge in [-0.25, -0.2) is 4.39 Å². The van der Waals surface area contributed by atoms with Crippen molar-refractivity contribution in [3.8, 4) is 6.07 Å². The van der Waals surface area contributed by atoms with Crippen molar-refractivity contribution in [2.75, 3.05) is 20.2 Å². The van der Waals surface area contributed by atoms with Crippen LogP contribution in [0.25, 0.3) is 0 Å². The molecule has 2 rings (SSSR count). The minimum atomic E-state index is -0.408. The number of rotatable bonds is 3. The molecule has 1 aliphatic rings. The normalized spacial score (nSPS) is 19.1. The maximum Gasteiger partial charge on any atom is 0.310 e. The maximum absolute atomic E-state index is 13.0. The number of ether oxygens (including phenoxy) is 1. The molecule has 0 aromatic heterocycles. The molecule has 1 aromatic carbocycles. The highest BCUT2D eigenvalue weighted by molar-refractivity contribution is 5.72. The molecule has 1 aliphatic heterocycles. The molecule has 0 amide bonds. The fourth-order valence-electron chi connectivity index (χ4n) is 2.37. The average Bonchev–Trinajstić information content (AvgIpc) is 2.88. The third-order valence-electron chi connectivity index (χ3n) is 3.39. The van der Waals surface area contributed by atoms with Gasteiger partial charge < -0.3 is 4.74 Å². The maximum atomic E-state index is 13.0. The van der Waals surface area contributed by atoms with E-state index in [0.717, 1.165) is 18.5 Å². The summed E-state index contributed by atoms with van der Waals surface area (Å²) in [6.07, 6.45) is 0.760. The Morgan fingerprint density at radius 2 is 2.42 bits per heavy atom. The largest absolute Gasteiger partial charge is 0.469 e. The molecule has 1 fully saturated rings. The Bertz CT molecular complexity index is 525. The lowest BCUT2D eigenvalue weighted by Crippen LogP contribution is -2.24. The summed E-state index contributed by atoms with van der Waals surface area (Å²) >= 11 is 0. The van der Waals surface area contributed by atoms with Crippen molar-refractivity contribution in [1.82, 2.24) is 4.90 Å². The molecule has 1 saturated heterocycles. The molecule has 1 unspecified atom stereocenters. The van der Waals surface area contributed by atoms with Crippen LogP contribution in [0.5, 0.6) is 0 Å². The molecule has 0 radical (unpaired) electrons. The summed E-state index contributed by atoms with van der Waals surface area (Å²) < 4.78 is 17.8. The van der Waals surface area contributed by atoms with Crippen LogP contribution in [-0.4, -0.2) is 31.1 Å². The quantitative estimate of drug-likeness (QED) is 0.778. The highest BCUT2D eigenvalue weighted by Gasteiger charge is 2.29. The first-order valence-electron chi connectivity index (χ1n) is 6.12. The molecule has 0 bridgehead atoms. The van der Waals surface area contributed by atoms with Gasteiger partial charge in [0.2, 0.25) is 0 Å². The number of benzene rings is 1. The monoisotopic (exact) mass is 262 g/mol. The predicted molar refractivity (Wildman–Crippen MR) is 66.5 cm³/mol. The first kappa shape index (κ1) is 13.5. The van der Waals surface area contributed by atoms with Gasteiger partial charge in [0.1, 0.15) is 5.82 Å². The molecule has 1 heterocycles. The average molecular weight is 262 g/mol. The van der Waals surface area contributed by atoms with Crippen molar-refractivity contribution in [1.29, 1.82) is 5.26 Å². The van der Waals surface area contributed by atoms with Crippen LogP contribution in [0, 0.1) is 23.1 Å². The Morgan fingerprint density at radius 3 is 3.11 bits per heavy atom. The zero-order chi connectivity index (χ0) is 13.8. The van der Waals surface area contributed by atoms with Crippen molar-refractivity contribution >= 4 is 5.97 Å². The molecule has 5 heteroatoms. The Kier molecular flexibility index (Phi) is 4.13. The summed E-state index contributed by atoms with van der Waals surface area (Å²) in [5, 5.41) is 8.99. The Balaban J connectivity index is 2.04. The zero-order valence-corrected chi connectivity index (χ0v) is 10.7. The lowest BCUT2D eigenvalue weighted by molar-refractivity contribution is -0.144. The minimum absolute atomic E-state index is 0.101. The molecule has 0 spiro atoms. The predicted octanol–water partition coefficient (Wildman–Crippen LogP) is 1.69. The fraction of sp³-hybridized carbons (Fsp3) is 0.429. The second kappa shape index (κ2) is 5.81. The summed E-state index contributed by atoms with van der Waals surface area (Å²) in [6.45, 7) is 1.95. The van der Waals surface area contributed by atoms with Crippen LogP contribution in [0.2, 0.25) is 0 Å². The Hall–Kier alpha value is -1.93. The second-order valence-electron chi connectivity index (χ2n) is 4.66. The number of methoxy groups -OCH3 is 1. The van der Waals surface area contributed by atoms with Gasteiger partial charge >= 0.3 is 5.97 Å². The van der Waals surface area contributed by atoms with Gasteiger partial charge in [-0.3, -0.25) is 9.69 Å². The first-order valence-corrected chi connectivity index (χ1v) is 6.12. The molecule has 100 valence electrons. The molecule has 1 atom stereocenters. The van der Waals surface area contributed by atoms with Crippen LogP contribution < -0.4 is 0 Å². The molecule has 0 N–H and O–H groups in total. The molecule has 0 saturated carbocycles. The van der Waals surface area contributed by atoms with Gasteiger partial charge in [-0.2, -0.15) is 5.26 Å². The van der Waals surface area contributed by atoms with Gasteiger partial charge in [0.25, 0.3) is 0 Å². The number of likely N-dealkylation sites (tertiary alicyclic amines) is 1. The van der Waals surface area contributed by atoms with Gasteiger partial charge in [-0.1, -0.05) is 6.07 Å². The van der Waals surface area contributed by atoms with E-state index in [9.17, 15) is 9.18 Å². The van der Waals surface area contributed by atoms with E-state index in [4.69, 9.17) is 10.00 Å². The van der Waals surface area contributed by atoms with Gasteiger partial charge in [-0.05, 0) is 30.7 Å². The van der Waals surface area contributed by atoms with Crippen LogP contribution in [-0.2, 0) is 16.1 Å². The van der Waals surface area contributed by atoms with Crippen LogP contribution in [0.15, 0.2) is 18.2 Å². The Morgan fingerprint density at radius 1 is 1.63 bits per heavy atom. The number of nitrogens with zero attached hydrogens (tertiary/aromatic N) is 2. The second-order valence-corrected chi connectivity index (χ2v) is 4.66. The summed E-state index contributed by atoms with van der Waals surface area (Å²) in [7, 11) is 1.39. The lowest BCUT2D eigenvalue weighted by Gasteiger charge is -2.16. The first-order chi connectivity index (χ1) is 9.13. The van der Waals surface area contributed by atoms with Crippen molar-refractivity contribution in [3.05, 3.63) is 35.1 Å². The van der Waals surface area contributed by atoms with Crippen molar-refractivity contribution in [2.24, 2.45) is 5.92 Å². The van der Waals surface area contributed by atoms with E-state index in [1.165, 1.54) is 19.2 Å². The van der Waals surface area contributed by atoms with E-state index in [1.54, 1.807) is 6.07 Å². The summed E-state index contributed by atoms with van der Waals surface area (Å²) in [6, 6.07) is 6.21. The van der Waals surface area contributed by atoms with E-state index < -0.39 is 5.82 Å². The van der Waals surface area contributed by atoms with Crippen molar-refractivity contribution in [3.63, 3.8) is 0 Å². The molecule has 0 aliphatic carbocycles. The van der Waals surface area contributed by atoms with Crippen molar-refractivity contribution < 1.29 is 13.9 Å². The van der Waals surface area contributed by atoms with E-state index in [2.05, 4.69) is 4.90 Å². The summed E-state index contributed by atoms with van der Waals surface area (Å²) in [5.41, 5.74) is 1.14. The third-order valence-corrected chi connectivity index (χ3v) is 3.39. The molecular formula is C14H15FN2O2. The SMILES string of the molecule is COC(=O)C1CCN(Cc2ccc(F)cc2C#N)C1. The number of hydrogen-bond acceptors (Lipinski definition) is 4. The smallest absolute Gasteiger partial charge is 0.310 e. The Labute approximate surface area is 111 Å². The van der Waals surface area contributed by atoms with Gasteiger partial charge in [0, 0.05) is 13.1 Å². The number of carbonyl (C=O) groups is 1. The topological polar surface area (TPSA) is 53.3 Å². The molecular weight excluding hydrogens is 247 g/mol. The standard InChI is InChI=1S/C14H15FN2O2/c1-19-14(18)11-4-5-17(9-11)8-10-2-3-13(15)6-12(10)7-16/h2-3,6,11H,4-5,8-9H2,1H3. The van der Waals surface area contributed by atoms with E-state index in [0.29, 0.717) is 18.7 Å². The lowest BCUT2D eigenvalue weighted by atomic mass is 10.1. The molecule has 4 nitrogen and oxygen atoms in total. The van der Waals surface area contributed by atoms with E-state index >= 15 is 0 Å². The molecule has 1 aromatic rings. The zero-order valence-electron chi connectivity index (χ0n) is 10.7. The number of hydrogen-bond donors (Lipinski definition) is 0. The van der Waals surface area contributed by atoms with Crippen LogP contribution in [0.3, 0.4) is 0 Å². The van der Waals surface area contributed by atoms with Crippen molar-refractivity contribution in [2.45, 2.75) is 13.0 Å². The summed E-state index contributed by atoms with van der Waals surface area (Å²) in [4.78, 5) is 13.5. The van der Waals surface area contributed by atoms with Crippen LogP contribution in [0.4, 0.5) is 4.39 Å². The van der Waals surface area contributed by atoms with E-state index in [1.807, 2.05) is 6.07 Å². The fourth-order valence-corrected chi connectivity index (χ4v) is 2.37. The number of nitriles is 1. The number of halogens is 1. The molecule has 19 heavy (non-hydrogen) atoms. The minimum Gasteiger partial charge on any atom is -0.469 e. The third kappa shape index (κ3) is 3.09. The highest BCUT2D eigenvalue weighted by atomic mass is 19.1. The van der Waals surface area contributed by atoms with Crippen LogP contribution in [0.1, 0.15) is 17.5 Å². The summed E-state index contributed by atoms with van der Waals surface area (Å²) in [5.74, 6) is -0.702. The van der Waals surface area contributed by atoms with Gasteiger partial charge in [0.05, 0.1) is 24.7 Å². The van der Waals surface area contributed by atoms with Gasteiger partial charge in [-0.15, -0.1) is 0 Å². The van der Waals surface area contributed by atoms with Gasteiger partial charge in [0.15, 0.2) is 0 Å². The highest BCUT2D eigenvalue weighted by Crippen LogP contribution is 2.21. The number of carbonyl (C=O) groups excluding carboxylic acids is 1. The van der Waals surface area contributed by atoms with Crippen LogP contribution >= 0.6 is 0 Å². The number of esters is 1.